The zero-order valence-electron chi connectivity index (χ0n) is 11.3. The second-order valence-corrected chi connectivity index (χ2v) is 5.37. The van der Waals surface area contributed by atoms with Crippen molar-refractivity contribution in [3.8, 4) is 0 Å². The molecule has 0 heterocycles. The van der Waals surface area contributed by atoms with Gasteiger partial charge in [0.05, 0.1) is 5.56 Å². The van der Waals surface area contributed by atoms with Crippen molar-refractivity contribution in [1.82, 2.24) is 0 Å². The second-order valence-electron chi connectivity index (χ2n) is 4.46. The molecule has 2 N–H and O–H groups in total. The number of nitrogens with two attached hydrogens (primary N) is 1. The first kappa shape index (κ1) is 16.2. The number of hydrogen-bond donors (Lipinski definition) is 1. The molecule has 0 radical (unpaired) electrons. The molecule has 0 aliphatic heterocycles. The molecule has 2 nitrogen and oxygen atoms in total. The van der Waals surface area contributed by atoms with E-state index in [-0.39, 0.29) is 18.2 Å². The first-order chi connectivity index (χ1) is 8.81. The van der Waals surface area contributed by atoms with Gasteiger partial charge in [0.15, 0.2) is 0 Å². The predicted octanol–water partition coefficient (Wildman–Crippen LogP) is 3.35. The summed E-state index contributed by atoms with van der Waals surface area (Å²) in [6.45, 7) is 1.87. The Balaban J connectivity index is 3.11. The molecule has 1 rings (SSSR count). The summed E-state index contributed by atoms with van der Waals surface area (Å²) in [5.74, 6) is 0.858. The SMILES string of the molecule is CSCC(C)N(C)c1ccc(CN)c(C(F)(F)F)c1. The fourth-order valence-electron chi connectivity index (χ4n) is 1.83. The van der Waals surface area contributed by atoms with E-state index in [9.17, 15) is 13.2 Å². The van der Waals surface area contributed by atoms with E-state index in [2.05, 4.69) is 0 Å². The first-order valence-corrected chi connectivity index (χ1v) is 7.32. The summed E-state index contributed by atoms with van der Waals surface area (Å²) in [4.78, 5) is 1.85. The lowest BCUT2D eigenvalue weighted by atomic mass is 10.1. The van der Waals surface area contributed by atoms with Crippen molar-refractivity contribution in [3.05, 3.63) is 29.3 Å². The van der Waals surface area contributed by atoms with Gasteiger partial charge in [-0.2, -0.15) is 24.9 Å². The predicted molar refractivity (Wildman–Crippen MR) is 75.6 cm³/mol. The Morgan fingerprint density at radius 3 is 2.47 bits per heavy atom. The van der Waals surface area contributed by atoms with E-state index in [0.29, 0.717) is 5.69 Å². The minimum absolute atomic E-state index is 0.112. The summed E-state index contributed by atoms with van der Waals surface area (Å²) in [7, 11) is 1.80. The molecule has 0 fully saturated rings. The standard InChI is InChI=1S/C13H19F3N2S/c1-9(8-19-3)18(2)11-5-4-10(7-17)12(6-11)13(14,15)16/h4-6,9H,7-8,17H2,1-3H3. The van der Waals surface area contributed by atoms with Crippen molar-refractivity contribution >= 4 is 17.4 Å². The van der Waals surface area contributed by atoms with E-state index in [1.165, 1.54) is 12.1 Å². The Kier molecular flexibility index (Phi) is 5.55. The van der Waals surface area contributed by atoms with Crippen LogP contribution in [-0.4, -0.2) is 25.1 Å². The number of anilines is 1. The van der Waals surface area contributed by atoms with Crippen LogP contribution in [0.2, 0.25) is 0 Å². The highest BCUT2D eigenvalue weighted by Gasteiger charge is 2.33. The van der Waals surface area contributed by atoms with Crippen molar-refractivity contribution in [2.24, 2.45) is 5.73 Å². The highest BCUT2D eigenvalue weighted by Crippen LogP contribution is 2.34. The van der Waals surface area contributed by atoms with Crippen LogP contribution >= 0.6 is 11.8 Å². The summed E-state index contributed by atoms with van der Waals surface area (Å²) in [5.41, 5.74) is 5.41. The molecule has 1 atom stereocenters. The van der Waals surface area contributed by atoms with E-state index in [1.54, 1.807) is 24.9 Å². The smallest absolute Gasteiger partial charge is 0.371 e. The topological polar surface area (TPSA) is 29.3 Å². The fourth-order valence-corrected chi connectivity index (χ4v) is 2.54. The highest BCUT2D eigenvalue weighted by atomic mass is 32.2. The maximum atomic E-state index is 12.9. The molecule has 0 amide bonds. The van der Waals surface area contributed by atoms with Crippen LogP contribution in [0.25, 0.3) is 0 Å². The quantitative estimate of drug-likeness (QED) is 0.902. The molecule has 6 heteroatoms. The second kappa shape index (κ2) is 6.52. The van der Waals surface area contributed by atoms with Crippen LogP contribution in [0.1, 0.15) is 18.1 Å². The Morgan fingerprint density at radius 1 is 1.37 bits per heavy atom. The zero-order valence-corrected chi connectivity index (χ0v) is 12.1. The molecule has 0 aliphatic carbocycles. The van der Waals surface area contributed by atoms with E-state index in [4.69, 9.17) is 5.73 Å². The summed E-state index contributed by atoms with van der Waals surface area (Å²) in [5, 5.41) is 0. The summed E-state index contributed by atoms with van der Waals surface area (Å²) in [6.07, 6.45) is -2.39. The monoisotopic (exact) mass is 292 g/mol. The summed E-state index contributed by atoms with van der Waals surface area (Å²) in [6, 6.07) is 4.49. The van der Waals surface area contributed by atoms with Crippen molar-refractivity contribution in [1.29, 1.82) is 0 Å². The van der Waals surface area contributed by atoms with Crippen LogP contribution in [0.4, 0.5) is 18.9 Å². The average molecular weight is 292 g/mol. The maximum absolute atomic E-state index is 12.9. The third-order valence-corrected chi connectivity index (χ3v) is 3.91. The van der Waals surface area contributed by atoms with Gasteiger partial charge >= 0.3 is 6.18 Å². The molecule has 1 aromatic carbocycles. The van der Waals surface area contributed by atoms with Crippen molar-refractivity contribution in [3.63, 3.8) is 0 Å². The van der Waals surface area contributed by atoms with Crippen molar-refractivity contribution in [2.45, 2.75) is 25.7 Å². The van der Waals surface area contributed by atoms with Crippen LogP contribution in [0, 0.1) is 0 Å². The molecule has 0 saturated heterocycles. The average Bonchev–Trinajstić information content (AvgIpc) is 2.36. The van der Waals surface area contributed by atoms with Gasteiger partial charge in [0.1, 0.15) is 0 Å². The van der Waals surface area contributed by atoms with E-state index < -0.39 is 11.7 Å². The normalized spacial score (nSPS) is 13.4. The molecular formula is C13H19F3N2S. The lowest BCUT2D eigenvalue weighted by molar-refractivity contribution is -0.138. The molecule has 0 aromatic heterocycles. The van der Waals surface area contributed by atoms with Crippen LogP contribution in [0.5, 0.6) is 0 Å². The molecule has 0 spiro atoms. The minimum Gasteiger partial charge on any atom is -0.371 e. The van der Waals surface area contributed by atoms with Crippen LogP contribution < -0.4 is 10.6 Å². The van der Waals surface area contributed by atoms with Gasteiger partial charge in [-0.15, -0.1) is 0 Å². The molecule has 0 bridgehead atoms. The van der Waals surface area contributed by atoms with Gasteiger partial charge < -0.3 is 10.6 Å². The Hall–Kier alpha value is -0.880. The number of halogens is 3. The van der Waals surface area contributed by atoms with Crippen LogP contribution in [-0.2, 0) is 12.7 Å². The minimum atomic E-state index is -4.37. The molecule has 1 aromatic rings. The van der Waals surface area contributed by atoms with Gasteiger partial charge in [0, 0.05) is 31.1 Å². The number of alkyl halides is 3. The Bertz CT molecular complexity index is 421. The molecule has 108 valence electrons. The number of benzene rings is 1. The molecule has 1 unspecified atom stereocenters. The molecule has 19 heavy (non-hydrogen) atoms. The molecule has 0 aliphatic rings. The third-order valence-electron chi connectivity index (χ3n) is 3.10. The Labute approximate surface area is 116 Å². The number of hydrogen-bond acceptors (Lipinski definition) is 3. The zero-order chi connectivity index (χ0) is 14.6. The Morgan fingerprint density at radius 2 is 2.00 bits per heavy atom. The van der Waals surface area contributed by atoms with Gasteiger partial charge in [0.25, 0.3) is 0 Å². The third kappa shape index (κ3) is 4.04. The molecule has 0 saturated carbocycles. The number of thioether (sulfide) groups is 1. The van der Waals surface area contributed by atoms with Crippen LogP contribution in [0.3, 0.4) is 0 Å². The van der Waals surface area contributed by atoms with Crippen molar-refractivity contribution < 1.29 is 13.2 Å². The van der Waals surface area contributed by atoms with Gasteiger partial charge in [-0.25, -0.2) is 0 Å². The lowest BCUT2D eigenvalue weighted by Crippen LogP contribution is -2.31. The lowest BCUT2D eigenvalue weighted by Gasteiger charge is -2.27. The summed E-state index contributed by atoms with van der Waals surface area (Å²) < 4.78 is 38.8. The van der Waals surface area contributed by atoms with Gasteiger partial charge in [-0.3, -0.25) is 0 Å². The largest absolute Gasteiger partial charge is 0.416 e. The van der Waals surface area contributed by atoms with Gasteiger partial charge in [-0.05, 0) is 30.9 Å². The van der Waals surface area contributed by atoms with E-state index >= 15 is 0 Å². The maximum Gasteiger partial charge on any atom is 0.416 e. The van der Waals surface area contributed by atoms with Gasteiger partial charge in [0.2, 0.25) is 0 Å². The fraction of sp³-hybridized carbons (Fsp3) is 0.538. The highest BCUT2D eigenvalue weighted by molar-refractivity contribution is 7.98. The van der Waals surface area contributed by atoms with Crippen LogP contribution in [0.15, 0.2) is 18.2 Å². The van der Waals surface area contributed by atoms with Gasteiger partial charge in [-0.1, -0.05) is 6.07 Å². The van der Waals surface area contributed by atoms with E-state index in [0.717, 1.165) is 5.75 Å². The number of rotatable bonds is 5. The summed E-state index contributed by atoms with van der Waals surface area (Å²) >= 11 is 1.67. The van der Waals surface area contributed by atoms with E-state index in [1.807, 2.05) is 18.1 Å². The number of nitrogens with zero attached hydrogens (tertiary/aromatic N) is 1. The first-order valence-electron chi connectivity index (χ1n) is 5.93. The van der Waals surface area contributed by atoms with Crippen molar-refractivity contribution in [2.75, 3.05) is 24.0 Å². The molecular weight excluding hydrogens is 273 g/mol.